The molecule has 4 nitrogen and oxygen atoms in total. The van der Waals surface area contributed by atoms with Gasteiger partial charge in [-0.05, 0) is 25.0 Å². The number of benzene rings is 2. The molecular weight excluding hydrogens is 345 g/mol. The molecule has 0 saturated heterocycles. The predicted molar refractivity (Wildman–Crippen MR) is 91.6 cm³/mol. The Kier molecular flexibility index (Phi) is 5.34. The Morgan fingerprint density at radius 1 is 1.16 bits per heavy atom. The van der Waals surface area contributed by atoms with Crippen LogP contribution in [-0.4, -0.2) is 17.9 Å². The minimum absolute atomic E-state index is 0.0589. The SMILES string of the molecule is O=C(Cc1c(F)cccc1Cl)OC(C(=O)NC1CC1)c1ccccc1. The van der Waals surface area contributed by atoms with E-state index in [4.69, 9.17) is 16.3 Å². The molecule has 0 aliphatic heterocycles. The number of halogens is 2. The van der Waals surface area contributed by atoms with E-state index in [0.717, 1.165) is 12.8 Å². The van der Waals surface area contributed by atoms with Crippen LogP contribution >= 0.6 is 11.6 Å². The van der Waals surface area contributed by atoms with E-state index in [1.54, 1.807) is 30.3 Å². The van der Waals surface area contributed by atoms with Crippen LogP contribution < -0.4 is 5.32 Å². The largest absolute Gasteiger partial charge is 0.447 e. The third-order valence-electron chi connectivity index (χ3n) is 3.90. The number of esters is 1. The van der Waals surface area contributed by atoms with Gasteiger partial charge >= 0.3 is 5.97 Å². The first-order chi connectivity index (χ1) is 12.0. The van der Waals surface area contributed by atoms with E-state index < -0.39 is 17.9 Å². The standard InChI is InChI=1S/C19H17ClFNO3/c20-15-7-4-8-16(21)14(15)11-17(23)25-18(12-5-2-1-3-6-12)19(24)22-13-9-10-13/h1-8,13,18H,9-11H2,(H,22,24). The second-order valence-electron chi connectivity index (χ2n) is 5.94. The highest BCUT2D eigenvalue weighted by molar-refractivity contribution is 6.31. The molecule has 3 rings (SSSR count). The highest BCUT2D eigenvalue weighted by Crippen LogP contribution is 2.25. The summed E-state index contributed by atoms with van der Waals surface area (Å²) in [6.45, 7) is 0. The summed E-state index contributed by atoms with van der Waals surface area (Å²) in [7, 11) is 0. The van der Waals surface area contributed by atoms with Crippen molar-refractivity contribution in [3.05, 3.63) is 70.5 Å². The van der Waals surface area contributed by atoms with Gasteiger partial charge in [-0.25, -0.2) is 4.39 Å². The van der Waals surface area contributed by atoms with Gasteiger partial charge in [0.2, 0.25) is 6.10 Å². The molecule has 1 N–H and O–H groups in total. The fraction of sp³-hybridized carbons (Fsp3) is 0.263. The molecule has 0 spiro atoms. The Morgan fingerprint density at radius 3 is 2.52 bits per heavy atom. The zero-order chi connectivity index (χ0) is 17.8. The minimum atomic E-state index is -1.07. The molecule has 130 valence electrons. The Morgan fingerprint density at radius 2 is 1.88 bits per heavy atom. The van der Waals surface area contributed by atoms with E-state index in [0.29, 0.717) is 5.56 Å². The molecule has 1 fully saturated rings. The summed E-state index contributed by atoms with van der Waals surface area (Å²) in [5.74, 6) is -1.67. The molecule has 0 bridgehead atoms. The van der Waals surface area contributed by atoms with Crippen molar-refractivity contribution >= 4 is 23.5 Å². The summed E-state index contributed by atoms with van der Waals surface area (Å²) in [5, 5.41) is 2.98. The number of nitrogens with one attached hydrogen (secondary N) is 1. The van der Waals surface area contributed by atoms with E-state index in [1.165, 1.54) is 18.2 Å². The number of carbonyl (C=O) groups is 2. The number of hydrogen-bond acceptors (Lipinski definition) is 3. The van der Waals surface area contributed by atoms with Crippen LogP contribution in [0.5, 0.6) is 0 Å². The highest BCUT2D eigenvalue weighted by Gasteiger charge is 2.31. The van der Waals surface area contributed by atoms with Gasteiger partial charge in [0.25, 0.3) is 5.91 Å². The maximum Gasteiger partial charge on any atom is 0.311 e. The summed E-state index contributed by atoms with van der Waals surface area (Å²) in [5.41, 5.74) is 0.622. The van der Waals surface area contributed by atoms with Crippen molar-refractivity contribution in [2.45, 2.75) is 31.4 Å². The lowest BCUT2D eigenvalue weighted by Gasteiger charge is -2.18. The molecule has 1 aliphatic rings. The molecule has 2 aromatic carbocycles. The average Bonchev–Trinajstić information content (AvgIpc) is 3.41. The third kappa shape index (κ3) is 4.57. The molecule has 2 aromatic rings. The molecule has 1 unspecified atom stereocenters. The van der Waals surface area contributed by atoms with E-state index in [-0.39, 0.29) is 29.0 Å². The number of carbonyl (C=O) groups excluding carboxylic acids is 2. The van der Waals surface area contributed by atoms with Crippen molar-refractivity contribution < 1.29 is 18.7 Å². The first-order valence-electron chi connectivity index (χ1n) is 8.02. The molecule has 1 saturated carbocycles. The van der Waals surface area contributed by atoms with Gasteiger partial charge in [-0.3, -0.25) is 9.59 Å². The summed E-state index contributed by atoms with van der Waals surface area (Å²) in [6.07, 6.45) is 0.434. The first-order valence-corrected chi connectivity index (χ1v) is 8.40. The number of amides is 1. The maximum absolute atomic E-state index is 13.8. The zero-order valence-electron chi connectivity index (χ0n) is 13.4. The van der Waals surface area contributed by atoms with Gasteiger partial charge in [0.05, 0.1) is 6.42 Å². The molecule has 0 heterocycles. The van der Waals surface area contributed by atoms with Crippen LogP contribution in [0.4, 0.5) is 4.39 Å². The van der Waals surface area contributed by atoms with Crippen LogP contribution in [0.15, 0.2) is 48.5 Å². The quantitative estimate of drug-likeness (QED) is 0.800. The van der Waals surface area contributed by atoms with Gasteiger partial charge < -0.3 is 10.1 Å². The van der Waals surface area contributed by atoms with Crippen molar-refractivity contribution in [3.8, 4) is 0 Å². The lowest BCUT2D eigenvalue weighted by atomic mass is 10.1. The van der Waals surface area contributed by atoms with Crippen LogP contribution in [0.1, 0.15) is 30.1 Å². The van der Waals surface area contributed by atoms with Crippen LogP contribution in [0, 0.1) is 5.82 Å². The fourth-order valence-electron chi connectivity index (χ4n) is 2.42. The topological polar surface area (TPSA) is 55.4 Å². The monoisotopic (exact) mass is 361 g/mol. The Hall–Kier alpha value is -2.40. The van der Waals surface area contributed by atoms with Crippen LogP contribution in [-0.2, 0) is 20.7 Å². The van der Waals surface area contributed by atoms with Crippen LogP contribution in [0.3, 0.4) is 0 Å². The van der Waals surface area contributed by atoms with Gasteiger partial charge in [0, 0.05) is 22.2 Å². The number of hydrogen-bond donors (Lipinski definition) is 1. The van der Waals surface area contributed by atoms with Crippen molar-refractivity contribution in [2.75, 3.05) is 0 Å². The van der Waals surface area contributed by atoms with Gasteiger partial charge in [0.15, 0.2) is 0 Å². The van der Waals surface area contributed by atoms with Crippen molar-refractivity contribution in [2.24, 2.45) is 0 Å². The lowest BCUT2D eigenvalue weighted by molar-refractivity contribution is -0.156. The van der Waals surface area contributed by atoms with Crippen molar-refractivity contribution in [1.82, 2.24) is 5.32 Å². The predicted octanol–water partition coefficient (Wildman–Crippen LogP) is 3.58. The second-order valence-corrected chi connectivity index (χ2v) is 6.35. The number of rotatable bonds is 6. The highest BCUT2D eigenvalue weighted by atomic mass is 35.5. The molecule has 0 radical (unpaired) electrons. The van der Waals surface area contributed by atoms with Gasteiger partial charge in [-0.1, -0.05) is 48.0 Å². The normalized spacial score (nSPS) is 14.6. The van der Waals surface area contributed by atoms with E-state index in [2.05, 4.69) is 5.32 Å². The van der Waals surface area contributed by atoms with E-state index in [9.17, 15) is 14.0 Å². The lowest BCUT2D eigenvalue weighted by Crippen LogP contribution is -2.33. The first kappa shape index (κ1) is 17.4. The molecule has 0 aromatic heterocycles. The summed E-state index contributed by atoms with van der Waals surface area (Å²) < 4.78 is 19.2. The molecule has 1 amide bonds. The smallest absolute Gasteiger partial charge is 0.311 e. The summed E-state index contributed by atoms with van der Waals surface area (Å²) >= 11 is 5.94. The molecular formula is C19H17ClFNO3. The Labute approximate surface area is 149 Å². The zero-order valence-corrected chi connectivity index (χ0v) is 14.1. The molecule has 1 aliphatic carbocycles. The van der Waals surface area contributed by atoms with Gasteiger partial charge in [0.1, 0.15) is 5.82 Å². The summed E-state index contributed by atoms with van der Waals surface area (Å²) in [6, 6.07) is 13.1. The molecule has 6 heteroatoms. The number of ether oxygens (including phenoxy) is 1. The molecule has 25 heavy (non-hydrogen) atoms. The Bertz CT molecular complexity index is 757. The van der Waals surface area contributed by atoms with Gasteiger partial charge in [-0.15, -0.1) is 0 Å². The van der Waals surface area contributed by atoms with Crippen LogP contribution in [0.25, 0.3) is 0 Å². The second kappa shape index (κ2) is 7.66. The fourth-order valence-corrected chi connectivity index (χ4v) is 2.65. The average molecular weight is 362 g/mol. The van der Waals surface area contributed by atoms with Crippen LogP contribution in [0.2, 0.25) is 5.02 Å². The van der Waals surface area contributed by atoms with Gasteiger partial charge in [-0.2, -0.15) is 0 Å². The Balaban J connectivity index is 1.75. The summed E-state index contributed by atoms with van der Waals surface area (Å²) in [4.78, 5) is 24.7. The molecule has 1 atom stereocenters. The van der Waals surface area contributed by atoms with E-state index >= 15 is 0 Å². The third-order valence-corrected chi connectivity index (χ3v) is 4.25. The van der Waals surface area contributed by atoms with Crippen molar-refractivity contribution in [3.63, 3.8) is 0 Å². The minimum Gasteiger partial charge on any atom is -0.447 e. The maximum atomic E-state index is 13.8. The van der Waals surface area contributed by atoms with E-state index in [1.807, 2.05) is 0 Å². The van der Waals surface area contributed by atoms with Crippen molar-refractivity contribution in [1.29, 1.82) is 0 Å².